The molecule has 0 saturated carbocycles. The maximum Gasteiger partial charge on any atom is 0.169 e. The number of rotatable bonds is 3. The van der Waals surface area contributed by atoms with Gasteiger partial charge in [-0.05, 0) is 5.56 Å². The SMILES string of the molecule is Nc1cc(-c2ccc(CN3CCNCC3)cc2)on1. The number of benzene rings is 1. The minimum atomic E-state index is 0.417. The molecule has 1 fully saturated rings. The Bertz CT molecular complexity index is 529. The number of piperazine rings is 1. The Morgan fingerprint density at radius 1 is 1.21 bits per heavy atom. The number of nitrogens with zero attached hydrogens (tertiary/aromatic N) is 2. The second-order valence-electron chi connectivity index (χ2n) is 4.84. The Balaban J connectivity index is 1.68. The van der Waals surface area contributed by atoms with E-state index in [1.807, 2.05) is 0 Å². The summed E-state index contributed by atoms with van der Waals surface area (Å²) in [6.45, 7) is 5.38. The molecule has 2 heterocycles. The summed E-state index contributed by atoms with van der Waals surface area (Å²) in [6, 6.07) is 10.1. The normalized spacial score (nSPS) is 16.6. The van der Waals surface area contributed by atoms with Gasteiger partial charge in [-0.2, -0.15) is 0 Å². The predicted octanol–water partition coefficient (Wildman–Crippen LogP) is 1.33. The predicted molar refractivity (Wildman–Crippen MR) is 74.5 cm³/mol. The summed E-state index contributed by atoms with van der Waals surface area (Å²) >= 11 is 0. The Hall–Kier alpha value is -1.85. The van der Waals surface area contributed by atoms with E-state index >= 15 is 0 Å². The van der Waals surface area contributed by atoms with Gasteiger partial charge in [-0.25, -0.2) is 0 Å². The van der Waals surface area contributed by atoms with Crippen molar-refractivity contribution in [3.63, 3.8) is 0 Å². The molecule has 0 spiro atoms. The summed E-state index contributed by atoms with van der Waals surface area (Å²) in [5.41, 5.74) is 7.88. The molecule has 1 aliphatic rings. The smallest absolute Gasteiger partial charge is 0.169 e. The van der Waals surface area contributed by atoms with E-state index in [9.17, 15) is 0 Å². The van der Waals surface area contributed by atoms with Crippen molar-refractivity contribution < 1.29 is 4.52 Å². The van der Waals surface area contributed by atoms with Gasteiger partial charge in [0.2, 0.25) is 0 Å². The number of nitrogens with one attached hydrogen (secondary N) is 1. The fourth-order valence-electron chi connectivity index (χ4n) is 2.33. The minimum absolute atomic E-state index is 0.417. The molecule has 5 nitrogen and oxygen atoms in total. The minimum Gasteiger partial charge on any atom is -0.381 e. The summed E-state index contributed by atoms with van der Waals surface area (Å²) in [5.74, 6) is 1.13. The molecule has 1 aromatic carbocycles. The largest absolute Gasteiger partial charge is 0.381 e. The molecule has 1 saturated heterocycles. The van der Waals surface area contributed by atoms with Crippen molar-refractivity contribution in [3.8, 4) is 11.3 Å². The Labute approximate surface area is 112 Å². The highest BCUT2D eigenvalue weighted by Gasteiger charge is 2.10. The van der Waals surface area contributed by atoms with Crippen molar-refractivity contribution in [1.29, 1.82) is 0 Å². The van der Waals surface area contributed by atoms with E-state index < -0.39 is 0 Å². The first-order valence-electron chi connectivity index (χ1n) is 6.56. The Morgan fingerprint density at radius 2 is 1.95 bits per heavy atom. The van der Waals surface area contributed by atoms with E-state index in [0.29, 0.717) is 11.6 Å². The average Bonchev–Trinajstić information content (AvgIpc) is 2.87. The highest BCUT2D eigenvalue weighted by atomic mass is 16.5. The number of nitrogens with two attached hydrogens (primary N) is 1. The van der Waals surface area contributed by atoms with Crippen LogP contribution in [0.25, 0.3) is 11.3 Å². The topological polar surface area (TPSA) is 67.3 Å². The summed E-state index contributed by atoms with van der Waals surface area (Å²) in [5, 5.41) is 7.06. The van der Waals surface area contributed by atoms with E-state index in [1.54, 1.807) is 6.07 Å². The molecule has 0 radical (unpaired) electrons. The van der Waals surface area contributed by atoms with Crippen LogP contribution in [0.2, 0.25) is 0 Å². The molecular weight excluding hydrogens is 240 g/mol. The van der Waals surface area contributed by atoms with E-state index in [-0.39, 0.29) is 0 Å². The molecule has 2 aromatic rings. The number of nitrogen functional groups attached to an aromatic ring is 1. The molecule has 0 unspecified atom stereocenters. The van der Waals surface area contributed by atoms with Crippen LogP contribution in [0.4, 0.5) is 5.82 Å². The highest BCUT2D eigenvalue weighted by molar-refractivity contribution is 5.60. The zero-order chi connectivity index (χ0) is 13.1. The summed E-state index contributed by atoms with van der Waals surface area (Å²) in [7, 11) is 0. The van der Waals surface area contributed by atoms with Crippen LogP contribution < -0.4 is 11.1 Å². The van der Waals surface area contributed by atoms with Gasteiger partial charge in [0.25, 0.3) is 0 Å². The summed E-state index contributed by atoms with van der Waals surface area (Å²) in [6.07, 6.45) is 0. The van der Waals surface area contributed by atoms with Gasteiger partial charge in [-0.15, -0.1) is 0 Å². The van der Waals surface area contributed by atoms with Gasteiger partial charge in [-0.3, -0.25) is 4.90 Å². The second-order valence-corrected chi connectivity index (χ2v) is 4.84. The van der Waals surface area contributed by atoms with E-state index in [1.165, 1.54) is 5.56 Å². The van der Waals surface area contributed by atoms with Crippen LogP contribution in [-0.2, 0) is 6.54 Å². The first kappa shape index (κ1) is 12.2. The molecule has 19 heavy (non-hydrogen) atoms. The molecule has 0 amide bonds. The molecule has 0 aliphatic carbocycles. The number of hydrogen-bond donors (Lipinski definition) is 2. The lowest BCUT2D eigenvalue weighted by atomic mass is 10.1. The maximum atomic E-state index is 5.55. The van der Waals surface area contributed by atoms with Gasteiger partial charge in [0.15, 0.2) is 11.6 Å². The lowest BCUT2D eigenvalue weighted by Gasteiger charge is -2.27. The fraction of sp³-hybridized carbons (Fsp3) is 0.357. The van der Waals surface area contributed by atoms with Gasteiger partial charge >= 0.3 is 0 Å². The maximum absolute atomic E-state index is 5.55. The molecule has 0 atom stereocenters. The second kappa shape index (κ2) is 5.42. The molecule has 1 aromatic heterocycles. The monoisotopic (exact) mass is 258 g/mol. The van der Waals surface area contributed by atoms with Gasteiger partial charge in [0, 0.05) is 44.4 Å². The standard InChI is InChI=1S/C14H18N4O/c15-14-9-13(19-17-14)12-3-1-11(2-4-12)10-18-7-5-16-6-8-18/h1-4,9,16H,5-8,10H2,(H2,15,17). The quantitative estimate of drug-likeness (QED) is 0.869. The van der Waals surface area contributed by atoms with Gasteiger partial charge < -0.3 is 15.6 Å². The Morgan fingerprint density at radius 3 is 2.58 bits per heavy atom. The van der Waals surface area contributed by atoms with Crippen molar-refractivity contribution in [2.45, 2.75) is 6.54 Å². The van der Waals surface area contributed by atoms with Crippen molar-refractivity contribution in [3.05, 3.63) is 35.9 Å². The Kier molecular flexibility index (Phi) is 3.48. The van der Waals surface area contributed by atoms with Crippen molar-refractivity contribution in [2.24, 2.45) is 0 Å². The van der Waals surface area contributed by atoms with E-state index in [2.05, 4.69) is 39.6 Å². The summed E-state index contributed by atoms with van der Waals surface area (Å²) < 4.78 is 5.15. The van der Waals surface area contributed by atoms with Gasteiger partial charge in [0.05, 0.1) is 0 Å². The van der Waals surface area contributed by atoms with E-state index in [4.69, 9.17) is 10.3 Å². The molecule has 100 valence electrons. The zero-order valence-electron chi connectivity index (χ0n) is 10.8. The molecular formula is C14H18N4O. The lowest BCUT2D eigenvalue weighted by molar-refractivity contribution is 0.233. The lowest BCUT2D eigenvalue weighted by Crippen LogP contribution is -2.42. The van der Waals surface area contributed by atoms with Crippen LogP contribution in [0.15, 0.2) is 34.9 Å². The third kappa shape index (κ3) is 2.94. The molecule has 0 bridgehead atoms. The van der Waals surface area contributed by atoms with Gasteiger partial charge in [0.1, 0.15) is 0 Å². The summed E-state index contributed by atoms with van der Waals surface area (Å²) in [4.78, 5) is 2.46. The van der Waals surface area contributed by atoms with Crippen molar-refractivity contribution >= 4 is 5.82 Å². The van der Waals surface area contributed by atoms with Crippen LogP contribution in [-0.4, -0.2) is 36.2 Å². The number of anilines is 1. The van der Waals surface area contributed by atoms with Gasteiger partial charge in [-0.1, -0.05) is 29.4 Å². The number of hydrogen-bond acceptors (Lipinski definition) is 5. The average molecular weight is 258 g/mol. The fourth-order valence-corrected chi connectivity index (χ4v) is 2.33. The van der Waals surface area contributed by atoms with E-state index in [0.717, 1.165) is 38.3 Å². The third-order valence-electron chi connectivity index (χ3n) is 3.38. The highest BCUT2D eigenvalue weighted by Crippen LogP contribution is 2.21. The van der Waals surface area contributed by atoms with Crippen molar-refractivity contribution in [2.75, 3.05) is 31.9 Å². The van der Waals surface area contributed by atoms with Crippen LogP contribution in [0.5, 0.6) is 0 Å². The molecule has 1 aliphatic heterocycles. The van der Waals surface area contributed by atoms with Crippen LogP contribution in [0.1, 0.15) is 5.56 Å². The van der Waals surface area contributed by atoms with Crippen LogP contribution in [0.3, 0.4) is 0 Å². The first-order chi connectivity index (χ1) is 9.31. The molecule has 3 rings (SSSR count). The first-order valence-corrected chi connectivity index (χ1v) is 6.56. The van der Waals surface area contributed by atoms with Crippen molar-refractivity contribution in [1.82, 2.24) is 15.4 Å². The molecule has 3 N–H and O–H groups in total. The third-order valence-corrected chi connectivity index (χ3v) is 3.38. The zero-order valence-corrected chi connectivity index (χ0v) is 10.8. The molecule has 5 heteroatoms. The number of aromatic nitrogens is 1. The van der Waals surface area contributed by atoms with Crippen LogP contribution in [0, 0.1) is 0 Å². The van der Waals surface area contributed by atoms with Crippen LogP contribution >= 0.6 is 0 Å².